The number of Topliss-reactive ketones (excluding diaryl/α,β-unsaturated/α-hetero) is 1. The number of benzene rings is 1. The SMILES string of the molecule is O=C(CN1CCC(NC(=O)C2CCCCC2)CC1)c1ccc(F)cc1. The minimum atomic E-state index is -0.328. The van der Waals surface area contributed by atoms with Gasteiger partial charge < -0.3 is 5.32 Å². The third kappa shape index (κ3) is 5.11. The van der Waals surface area contributed by atoms with Gasteiger partial charge in [-0.05, 0) is 49.9 Å². The molecule has 5 heteroatoms. The van der Waals surface area contributed by atoms with Crippen molar-refractivity contribution in [3.8, 4) is 0 Å². The van der Waals surface area contributed by atoms with E-state index in [2.05, 4.69) is 10.2 Å². The summed E-state index contributed by atoms with van der Waals surface area (Å²) in [4.78, 5) is 26.7. The van der Waals surface area contributed by atoms with Crippen molar-refractivity contribution in [3.63, 3.8) is 0 Å². The molecule has 0 bridgehead atoms. The van der Waals surface area contributed by atoms with Crippen molar-refractivity contribution in [2.24, 2.45) is 5.92 Å². The normalized spacial score (nSPS) is 20.4. The van der Waals surface area contributed by atoms with Crippen molar-refractivity contribution < 1.29 is 14.0 Å². The molecule has 3 rings (SSSR count). The Kier molecular flexibility index (Phi) is 6.19. The summed E-state index contributed by atoms with van der Waals surface area (Å²) in [7, 11) is 0. The largest absolute Gasteiger partial charge is 0.353 e. The minimum absolute atomic E-state index is 0.0182. The Labute approximate surface area is 148 Å². The third-order valence-corrected chi connectivity index (χ3v) is 5.44. The predicted molar refractivity (Wildman–Crippen MR) is 94.9 cm³/mol. The molecule has 0 spiro atoms. The summed E-state index contributed by atoms with van der Waals surface area (Å²) >= 11 is 0. The number of hydrogen-bond acceptors (Lipinski definition) is 3. The van der Waals surface area contributed by atoms with E-state index in [9.17, 15) is 14.0 Å². The second kappa shape index (κ2) is 8.56. The highest BCUT2D eigenvalue weighted by atomic mass is 19.1. The third-order valence-electron chi connectivity index (χ3n) is 5.44. The summed E-state index contributed by atoms with van der Waals surface area (Å²) in [5, 5.41) is 3.21. The molecular weight excluding hydrogens is 319 g/mol. The van der Waals surface area contributed by atoms with Crippen LogP contribution in [0.3, 0.4) is 0 Å². The van der Waals surface area contributed by atoms with Crippen LogP contribution in [-0.2, 0) is 4.79 Å². The number of rotatable bonds is 5. The number of carbonyl (C=O) groups excluding carboxylic acids is 2. The average Bonchev–Trinajstić information content (AvgIpc) is 2.64. The fourth-order valence-electron chi connectivity index (χ4n) is 3.85. The Morgan fingerprint density at radius 2 is 1.64 bits per heavy atom. The maximum Gasteiger partial charge on any atom is 0.223 e. The molecule has 25 heavy (non-hydrogen) atoms. The number of halogens is 1. The Morgan fingerprint density at radius 3 is 2.28 bits per heavy atom. The molecule has 1 aliphatic carbocycles. The first-order valence-electron chi connectivity index (χ1n) is 9.43. The van der Waals surface area contributed by atoms with Gasteiger partial charge in [-0.25, -0.2) is 4.39 Å². The topological polar surface area (TPSA) is 49.4 Å². The van der Waals surface area contributed by atoms with E-state index in [4.69, 9.17) is 0 Å². The van der Waals surface area contributed by atoms with Gasteiger partial charge in [0.2, 0.25) is 5.91 Å². The van der Waals surface area contributed by atoms with Crippen LogP contribution in [-0.4, -0.2) is 42.3 Å². The number of likely N-dealkylation sites (tertiary alicyclic amines) is 1. The van der Waals surface area contributed by atoms with Crippen LogP contribution in [0.5, 0.6) is 0 Å². The quantitative estimate of drug-likeness (QED) is 0.833. The van der Waals surface area contributed by atoms with Gasteiger partial charge in [-0.15, -0.1) is 0 Å². The van der Waals surface area contributed by atoms with E-state index in [1.54, 1.807) is 0 Å². The van der Waals surface area contributed by atoms with Crippen LogP contribution in [0.1, 0.15) is 55.3 Å². The zero-order valence-electron chi connectivity index (χ0n) is 14.7. The van der Waals surface area contributed by atoms with E-state index in [1.807, 2.05) is 0 Å². The fourth-order valence-corrected chi connectivity index (χ4v) is 3.85. The lowest BCUT2D eigenvalue weighted by Crippen LogP contribution is -2.47. The lowest BCUT2D eigenvalue weighted by atomic mass is 9.88. The van der Waals surface area contributed by atoms with Gasteiger partial charge in [0.05, 0.1) is 6.54 Å². The molecule has 0 radical (unpaired) electrons. The summed E-state index contributed by atoms with van der Waals surface area (Å²) < 4.78 is 12.9. The van der Waals surface area contributed by atoms with Crippen molar-refractivity contribution in [2.75, 3.05) is 19.6 Å². The molecule has 1 saturated carbocycles. The number of nitrogens with zero attached hydrogens (tertiary/aromatic N) is 1. The second-order valence-corrected chi connectivity index (χ2v) is 7.32. The van der Waals surface area contributed by atoms with Gasteiger partial charge in [0.1, 0.15) is 5.82 Å². The number of piperidine rings is 1. The molecule has 1 aromatic carbocycles. The van der Waals surface area contributed by atoms with Gasteiger partial charge in [-0.2, -0.15) is 0 Å². The van der Waals surface area contributed by atoms with Gasteiger partial charge >= 0.3 is 0 Å². The van der Waals surface area contributed by atoms with Crippen molar-refractivity contribution in [1.82, 2.24) is 10.2 Å². The maximum atomic E-state index is 12.9. The monoisotopic (exact) mass is 346 g/mol. The van der Waals surface area contributed by atoms with Crippen molar-refractivity contribution in [1.29, 1.82) is 0 Å². The maximum absolute atomic E-state index is 12.9. The number of amides is 1. The smallest absolute Gasteiger partial charge is 0.223 e. The van der Waals surface area contributed by atoms with Crippen molar-refractivity contribution >= 4 is 11.7 Å². The van der Waals surface area contributed by atoms with Gasteiger partial charge in [0.15, 0.2) is 5.78 Å². The molecule has 0 atom stereocenters. The van der Waals surface area contributed by atoms with Crippen LogP contribution in [0, 0.1) is 11.7 Å². The number of ketones is 1. The Bertz CT molecular complexity index is 588. The fraction of sp³-hybridized carbons (Fsp3) is 0.600. The van der Waals surface area contributed by atoms with E-state index in [1.165, 1.54) is 43.5 Å². The predicted octanol–water partition coefficient (Wildman–Crippen LogP) is 3.17. The standard InChI is InChI=1S/C20H27FN2O2/c21-17-8-6-15(7-9-17)19(24)14-23-12-10-18(11-13-23)22-20(25)16-4-2-1-3-5-16/h6-9,16,18H,1-5,10-14H2,(H,22,25). The number of nitrogens with one attached hydrogen (secondary N) is 1. The lowest BCUT2D eigenvalue weighted by molar-refractivity contribution is -0.127. The number of hydrogen-bond donors (Lipinski definition) is 1. The molecule has 1 aromatic rings. The molecule has 2 fully saturated rings. The zero-order chi connectivity index (χ0) is 17.6. The summed E-state index contributed by atoms with van der Waals surface area (Å²) in [6, 6.07) is 5.94. The molecule has 136 valence electrons. The molecule has 1 aliphatic heterocycles. The molecular formula is C20H27FN2O2. The molecule has 1 amide bonds. The molecule has 0 unspecified atom stereocenters. The lowest BCUT2D eigenvalue weighted by Gasteiger charge is -2.33. The molecule has 1 heterocycles. The summed E-state index contributed by atoms with van der Waals surface area (Å²) in [6.07, 6.45) is 7.41. The van der Waals surface area contributed by atoms with Crippen LogP contribution >= 0.6 is 0 Å². The van der Waals surface area contributed by atoms with Gasteiger partial charge in [-0.1, -0.05) is 19.3 Å². The molecule has 1 N–H and O–H groups in total. The highest BCUT2D eigenvalue weighted by molar-refractivity contribution is 5.97. The first kappa shape index (κ1) is 18.1. The summed E-state index contributed by atoms with van der Waals surface area (Å²) in [5.41, 5.74) is 0.550. The summed E-state index contributed by atoms with van der Waals surface area (Å²) in [6.45, 7) is 1.97. The van der Waals surface area contributed by atoms with E-state index in [0.29, 0.717) is 12.1 Å². The van der Waals surface area contributed by atoms with Crippen molar-refractivity contribution in [2.45, 2.75) is 51.0 Å². The zero-order valence-corrected chi connectivity index (χ0v) is 14.7. The molecule has 2 aliphatic rings. The number of carbonyl (C=O) groups is 2. The summed E-state index contributed by atoms with van der Waals surface area (Å²) in [5.74, 6) is 0.114. The van der Waals surface area contributed by atoms with Gasteiger partial charge in [0.25, 0.3) is 0 Å². The van der Waals surface area contributed by atoms with Crippen LogP contribution < -0.4 is 5.32 Å². The Morgan fingerprint density at radius 1 is 1.00 bits per heavy atom. The second-order valence-electron chi connectivity index (χ2n) is 7.32. The highest BCUT2D eigenvalue weighted by Gasteiger charge is 2.26. The molecule has 0 aromatic heterocycles. The highest BCUT2D eigenvalue weighted by Crippen LogP contribution is 2.24. The first-order chi connectivity index (χ1) is 12.1. The van der Waals surface area contributed by atoms with E-state index < -0.39 is 0 Å². The molecule has 1 saturated heterocycles. The van der Waals surface area contributed by atoms with Crippen LogP contribution in [0.2, 0.25) is 0 Å². The van der Waals surface area contributed by atoms with Crippen LogP contribution in [0.4, 0.5) is 4.39 Å². The average molecular weight is 346 g/mol. The molecule has 4 nitrogen and oxygen atoms in total. The van der Waals surface area contributed by atoms with Gasteiger partial charge in [0, 0.05) is 30.6 Å². The van der Waals surface area contributed by atoms with E-state index >= 15 is 0 Å². The first-order valence-corrected chi connectivity index (χ1v) is 9.43. The Hall–Kier alpha value is -1.75. The van der Waals surface area contributed by atoms with E-state index in [0.717, 1.165) is 38.8 Å². The van der Waals surface area contributed by atoms with E-state index in [-0.39, 0.29) is 29.5 Å². The van der Waals surface area contributed by atoms with Crippen LogP contribution in [0.15, 0.2) is 24.3 Å². The van der Waals surface area contributed by atoms with Gasteiger partial charge in [-0.3, -0.25) is 14.5 Å². The van der Waals surface area contributed by atoms with Crippen LogP contribution in [0.25, 0.3) is 0 Å². The van der Waals surface area contributed by atoms with Crippen molar-refractivity contribution in [3.05, 3.63) is 35.6 Å². The Balaban J connectivity index is 1.41. The minimum Gasteiger partial charge on any atom is -0.353 e.